The number of benzene rings is 1. The van der Waals surface area contributed by atoms with Crippen molar-refractivity contribution in [2.24, 2.45) is 5.92 Å². The van der Waals surface area contributed by atoms with Crippen molar-refractivity contribution >= 4 is 28.5 Å². The Kier molecular flexibility index (Phi) is 7.20. The van der Waals surface area contributed by atoms with E-state index in [1.54, 1.807) is 10.6 Å². The van der Waals surface area contributed by atoms with E-state index in [2.05, 4.69) is 21.4 Å². The molecule has 8 nitrogen and oxygen atoms in total. The minimum absolute atomic E-state index is 0.112. The van der Waals surface area contributed by atoms with E-state index >= 15 is 0 Å². The van der Waals surface area contributed by atoms with Gasteiger partial charge in [0.05, 0.1) is 39.1 Å². The van der Waals surface area contributed by atoms with Gasteiger partial charge in [0.15, 0.2) is 0 Å². The van der Waals surface area contributed by atoms with Gasteiger partial charge in [0.2, 0.25) is 0 Å². The normalized spacial score (nSPS) is 17.4. The maximum absolute atomic E-state index is 13.6. The number of alkyl halides is 2. The Morgan fingerprint density at radius 3 is 2.61 bits per heavy atom. The molecule has 0 aliphatic heterocycles. The summed E-state index contributed by atoms with van der Waals surface area (Å²) in [4.78, 5) is 34.0. The predicted molar refractivity (Wildman–Crippen MR) is 137 cm³/mol. The predicted octanol–water partition coefficient (Wildman–Crippen LogP) is 5.03. The van der Waals surface area contributed by atoms with Crippen LogP contribution in [-0.4, -0.2) is 31.1 Å². The molecule has 0 atom stereocenters. The number of pyridine rings is 2. The zero-order valence-electron chi connectivity index (χ0n) is 20.2. The third-order valence-electron chi connectivity index (χ3n) is 6.96. The molecule has 1 N–H and O–H groups in total. The number of carbonyl (C=O) groups is 1. The number of halogens is 3. The quantitative estimate of drug-likeness (QED) is 0.372. The van der Waals surface area contributed by atoms with Gasteiger partial charge in [0.1, 0.15) is 11.8 Å². The lowest BCUT2D eigenvalue weighted by Gasteiger charge is -2.29. The summed E-state index contributed by atoms with van der Waals surface area (Å²) in [7, 11) is 0. The Bertz CT molecular complexity index is 1600. The first-order valence-electron chi connectivity index (χ1n) is 12.2. The molecule has 0 radical (unpaired) electrons. The number of nitrogens with zero attached hydrogens (tertiary/aromatic N) is 5. The van der Waals surface area contributed by atoms with E-state index in [-0.39, 0.29) is 28.2 Å². The minimum atomic E-state index is -2.89. The molecular weight excluding hydrogens is 514 g/mol. The summed E-state index contributed by atoms with van der Waals surface area (Å²) < 4.78 is 29.9. The van der Waals surface area contributed by atoms with Crippen LogP contribution >= 0.6 is 11.6 Å². The monoisotopic (exact) mass is 536 g/mol. The van der Waals surface area contributed by atoms with Gasteiger partial charge in [-0.25, -0.2) is 13.6 Å². The van der Waals surface area contributed by atoms with Crippen molar-refractivity contribution in [3.63, 3.8) is 0 Å². The lowest BCUT2D eigenvalue weighted by Crippen LogP contribution is -2.39. The maximum atomic E-state index is 13.6. The van der Waals surface area contributed by atoms with E-state index in [0.29, 0.717) is 36.2 Å². The van der Waals surface area contributed by atoms with Gasteiger partial charge in [-0.15, -0.1) is 0 Å². The summed E-state index contributed by atoms with van der Waals surface area (Å²) >= 11 is 5.88. The molecule has 1 aliphatic carbocycles. The van der Waals surface area contributed by atoms with Gasteiger partial charge in [0, 0.05) is 25.0 Å². The van der Waals surface area contributed by atoms with Gasteiger partial charge in [-0.2, -0.15) is 5.26 Å². The van der Waals surface area contributed by atoms with Crippen molar-refractivity contribution in [2.75, 3.05) is 0 Å². The molecule has 1 aromatic carbocycles. The van der Waals surface area contributed by atoms with Crippen LogP contribution in [0.5, 0.6) is 0 Å². The fourth-order valence-electron chi connectivity index (χ4n) is 5.09. The van der Waals surface area contributed by atoms with Gasteiger partial charge in [-0.1, -0.05) is 23.7 Å². The third-order valence-corrected chi connectivity index (χ3v) is 7.16. The zero-order chi connectivity index (χ0) is 26.8. The fraction of sp³-hybridized carbons (Fsp3) is 0.296. The largest absolute Gasteiger partial charge is 0.349 e. The second-order valence-electron chi connectivity index (χ2n) is 9.30. The van der Waals surface area contributed by atoms with Crippen LogP contribution in [0.25, 0.3) is 16.7 Å². The maximum Gasteiger partial charge on any atom is 0.333 e. The molecule has 0 bridgehead atoms. The van der Waals surface area contributed by atoms with E-state index in [1.165, 1.54) is 23.0 Å². The average molecular weight is 537 g/mol. The highest BCUT2D eigenvalue weighted by molar-refractivity contribution is 6.30. The number of carbonyl (C=O) groups excluding carboxylic acids is 1. The summed E-state index contributed by atoms with van der Waals surface area (Å²) in [6, 6.07) is 12.1. The number of aromatic nitrogens is 4. The molecule has 1 saturated carbocycles. The van der Waals surface area contributed by atoms with Gasteiger partial charge >= 0.3 is 5.69 Å². The van der Waals surface area contributed by atoms with Crippen LogP contribution < -0.4 is 11.0 Å². The van der Waals surface area contributed by atoms with E-state index < -0.39 is 18.0 Å². The number of fused-ring (bicyclic) bond motifs is 1. The Morgan fingerprint density at radius 2 is 1.89 bits per heavy atom. The number of para-hydroxylation sites is 2. The number of hydrogen-bond acceptors (Lipinski definition) is 5. The Morgan fingerprint density at radius 1 is 1.16 bits per heavy atom. The molecule has 194 valence electrons. The highest BCUT2D eigenvalue weighted by Gasteiger charge is 2.27. The Balaban J connectivity index is 1.32. The van der Waals surface area contributed by atoms with Gasteiger partial charge in [-0.05, 0) is 55.9 Å². The van der Waals surface area contributed by atoms with Gasteiger partial charge in [0.25, 0.3) is 12.3 Å². The van der Waals surface area contributed by atoms with Crippen LogP contribution in [0.15, 0.2) is 59.8 Å². The summed E-state index contributed by atoms with van der Waals surface area (Å²) in [6.45, 7) is 0.475. The van der Waals surface area contributed by atoms with Crippen LogP contribution in [0.1, 0.15) is 53.7 Å². The Hall–Kier alpha value is -4.10. The SMILES string of the molecule is N#Cc1ccncc1-n1c(=O)n(C[C@H]2CC[C@H](NC(=O)c3cc(Cl)cnc3C(F)F)CC2)c2ccccc21. The Labute approximate surface area is 221 Å². The molecule has 1 aliphatic rings. The molecule has 4 aromatic rings. The first-order valence-corrected chi connectivity index (χ1v) is 12.5. The number of rotatable bonds is 6. The first kappa shape index (κ1) is 25.5. The van der Waals surface area contributed by atoms with Crippen molar-refractivity contribution in [1.82, 2.24) is 24.4 Å². The number of imidazole rings is 1. The second kappa shape index (κ2) is 10.7. The number of amides is 1. The van der Waals surface area contributed by atoms with E-state index in [0.717, 1.165) is 24.6 Å². The molecule has 1 fully saturated rings. The minimum Gasteiger partial charge on any atom is -0.349 e. The van der Waals surface area contributed by atoms with Crippen LogP contribution in [-0.2, 0) is 6.54 Å². The summed E-state index contributed by atoms with van der Waals surface area (Å²) in [5.41, 5.74) is 1.16. The van der Waals surface area contributed by atoms with E-state index in [1.807, 2.05) is 24.3 Å². The van der Waals surface area contributed by atoms with Crippen molar-refractivity contribution < 1.29 is 13.6 Å². The molecule has 3 heterocycles. The topological polar surface area (TPSA) is 106 Å². The molecule has 3 aromatic heterocycles. The second-order valence-corrected chi connectivity index (χ2v) is 9.74. The van der Waals surface area contributed by atoms with Gasteiger partial charge < -0.3 is 5.32 Å². The van der Waals surface area contributed by atoms with Crippen molar-refractivity contribution in [3.8, 4) is 11.8 Å². The van der Waals surface area contributed by atoms with Crippen LogP contribution in [0.3, 0.4) is 0 Å². The molecule has 0 spiro atoms. The fourth-order valence-corrected chi connectivity index (χ4v) is 5.25. The molecule has 11 heteroatoms. The number of hydrogen-bond donors (Lipinski definition) is 1. The summed E-state index contributed by atoms with van der Waals surface area (Å²) in [5.74, 6) is -0.447. The first-order chi connectivity index (χ1) is 18.4. The third kappa shape index (κ3) is 4.89. The average Bonchev–Trinajstić information content (AvgIpc) is 3.20. The van der Waals surface area contributed by atoms with Crippen LogP contribution in [0.2, 0.25) is 5.02 Å². The lowest BCUT2D eigenvalue weighted by molar-refractivity contribution is 0.0904. The molecule has 1 amide bonds. The van der Waals surface area contributed by atoms with Crippen LogP contribution in [0, 0.1) is 17.2 Å². The van der Waals surface area contributed by atoms with E-state index in [4.69, 9.17) is 11.6 Å². The molecule has 5 rings (SSSR count). The van der Waals surface area contributed by atoms with E-state index in [9.17, 15) is 23.6 Å². The molecule has 0 unspecified atom stereocenters. The number of nitrogens with one attached hydrogen (secondary N) is 1. The molecule has 38 heavy (non-hydrogen) atoms. The highest BCUT2D eigenvalue weighted by atomic mass is 35.5. The highest BCUT2D eigenvalue weighted by Crippen LogP contribution is 2.29. The molecule has 0 saturated heterocycles. The van der Waals surface area contributed by atoms with Crippen molar-refractivity contribution in [1.29, 1.82) is 5.26 Å². The lowest BCUT2D eigenvalue weighted by atomic mass is 9.85. The summed E-state index contributed by atoms with van der Waals surface area (Å²) in [6.07, 6.45) is 4.00. The van der Waals surface area contributed by atoms with Gasteiger partial charge in [-0.3, -0.25) is 23.9 Å². The molecular formula is C27H23ClF2N6O2. The smallest absolute Gasteiger partial charge is 0.333 e. The zero-order valence-corrected chi connectivity index (χ0v) is 20.9. The van der Waals surface area contributed by atoms with Crippen LogP contribution in [0.4, 0.5) is 8.78 Å². The van der Waals surface area contributed by atoms with Crippen molar-refractivity contribution in [2.45, 2.75) is 44.7 Å². The summed E-state index contributed by atoms with van der Waals surface area (Å²) in [5, 5.41) is 12.5. The van der Waals surface area contributed by atoms with Crippen molar-refractivity contribution in [3.05, 3.63) is 87.3 Å². The standard InChI is InChI=1S/C27H23ClF2N6O2/c28-18-11-20(24(25(29)30)33-13-18)26(37)34-19-7-5-16(6-8-19)15-35-21-3-1-2-4-22(21)36(27(35)38)23-14-32-10-9-17(23)12-31/h1-4,9-11,13-14,16,19,25H,5-8,15H2,(H,34,37)/t16-,19-. The number of nitriles is 1.